The van der Waals surface area contributed by atoms with E-state index in [2.05, 4.69) is 35.2 Å². The SMILES string of the molecule is O[C@@H]1CN(Cc2ccccc2)C[C@H]1Oc1cccc2ccccc12. The number of rotatable bonds is 4. The van der Waals surface area contributed by atoms with Gasteiger partial charge in [0.15, 0.2) is 0 Å². The number of nitrogens with zero attached hydrogens (tertiary/aromatic N) is 1. The van der Waals surface area contributed by atoms with E-state index in [-0.39, 0.29) is 6.10 Å². The fraction of sp³-hybridized carbons (Fsp3) is 0.238. The van der Waals surface area contributed by atoms with Gasteiger partial charge in [-0.1, -0.05) is 66.7 Å². The third-order valence-corrected chi connectivity index (χ3v) is 4.59. The summed E-state index contributed by atoms with van der Waals surface area (Å²) >= 11 is 0. The number of hydrogen-bond donors (Lipinski definition) is 1. The van der Waals surface area contributed by atoms with Gasteiger partial charge in [0.05, 0.1) is 0 Å². The maximum atomic E-state index is 10.4. The van der Waals surface area contributed by atoms with E-state index in [0.29, 0.717) is 6.54 Å². The van der Waals surface area contributed by atoms with Crippen molar-refractivity contribution in [1.29, 1.82) is 0 Å². The van der Waals surface area contributed by atoms with Crippen molar-refractivity contribution in [3.63, 3.8) is 0 Å². The van der Waals surface area contributed by atoms with Gasteiger partial charge in [-0.25, -0.2) is 0 Å². The van der Waals surface area contributed by atoms with E-state index in [1.807, 2.05) is 42.5 Å². The van der Waals surface area contributed by atoms with Gasteiger partial charge in [0.2, 0.25) is 0 Å². The summed E-state index contributed by atoms with van der Waals surface area (Å²) in [5.74, 6) is 0.846. The van der Waals surface area contributed by atoms with Crippen molar-refractivity contribution in [3.05, 3.63) is 78.4 Å². The van der Waals surface area contributed by atoms with E-state index in [1.165, 1.54) is 5.56 Å². The summed E-state index contributed by atoms with van der Waals surface area (Å²) in [6.07, 6.45) is -0.660. The highest BCUT2D eigenvalue weighted by Gasteiger charge is 2.33. The van der Waals surface area contributed by atoms with Crippen LogP contribution in [0.15, 0.2) is 72.8 Å². The predicted octanol–water partition coefficient (Wildman–Crippen LogP) is 3.46. The van der Waals surface area contributed by atoms with Gasteiger partial charge < -0.3 is 9.84 Å². The number of hydrogen-bond acceptors (Lipinski definition) is 3. The minimum Gasteiger partial charge on any atom is -0.486 e. The molecule has 4 rings (SSSR count). The Labute approximate surface area is 142 Å². The molecule has 0 radical (unpaired) electrons. The Bertz CT molecular complexity index is 813. The zero-order valence-corrected chi connectivity index (χ0v) is 13.5. The van der Waals surface area contributed by atoms with Crippen LogP contribution in [0, 0.1) is 0 Å². The third kappa shape index (κ3) is 3.14. The van der Waals surface area contributed by atoms with Crippen LogP contribution in [-0.2, 0) is 6.54 Å². The van der Waals surface area contributed by atoms with E-state index in [1.54, 1.807) is 0 Å². The van der Waals surface area contributed by atoms with E-state index in [4.69, 9.17) is 4.74 Å². The molecule has 1 N–H and O–H groups in total. The number of β-amino-alcohol motifs (C(OH)–C–C–N with tert-alkyl or cyclic N) is 1. The molecule has 0 aliphatic carbocycles. The predicted molar refractivity (Wildman–Crippen MR) is 96.1 cm³/mol. The normalized spacial score (nSPS) is 21.2. The first kappa shape index (κ1) is 15.2. The Morgan fingerprint density at radius 2 is 1.62 bits per heavy atom. The maximum Gasteiger partial charge on any atom is 0.138 e. The van der Waals surface area contributed by atoms with E-state index < -0.39 is 6.10 Å². The molecule has 1 aliphatic rings. The lowest BCUT2D eigenvalue weighted by Gasteiger charge is -2.18. The molecule has 3 nitrogen and oxygen atoms in total. The molecule has 122 valence electrons. The third-order valence-electron chi connectivity index (χ3n) is 4.59. The van der Waals surface area contributed by atoms with Gasteiger partial charge in [0.25, 0.3) is 0 Å². The van der Waals surface area contributed by atoms with Crippen molar-refractivity contribution < 1.29 is 9.84 Å². The van der Waals surface area contributed by atoms with Crippen LogP contribution in [0.1, 0.15) is 5.56 Å². The second-order valence-corrected chi connectivity index (χ2v) is 6.38. The van der Waals surface area contributed by atoms with Crippen LogP contribution < -0.4 is 4.74 Å². The lowest BCUT2D eigenvalue weighted by molar-refractivity contribution is 0.0747. The molecule has 2 atom stereocenters. The van der Waals surface area contributed by atoms with Crippen molar-refractivity contribution in [2.45, 2.75) is 18.8 Å². The topological polar surface area (TPSA) is 32.7 Å². The molecule has 0 unspecified atom stereocenters. The number of ether oxygens (including phenoxy) is 1. The van der Waals surface area contributed by atoms with Gasteiger partial charge in [0, 0.05) is 25.0 Å². The first-order chi connectivity index (χ1) is 11.8. The fourth-order valence-corrected chi connectivity index (χ4v) is 3.38. The zero-order chi connectivity index (χ0) is 16.4. The summed E-state index contributed by atoms with van der Waals surface area (Å²) in [5.41, 5.74) is 1.26. The Balaban J connectivity index is 1.48. The van der Waals surface area contributed by atoms with Gasteiger partial charge >= 0.3 is 0 Å². The molecule has 0 saturated carbocycles. The molecule has 0 spiro atoms. The lowest BCUT2D eigenvalue weighted by Crippen LogP contribution is -2.30. The molecule has 0 bridgehead atoms. The second kappa shape index (κ2) is 6.63. The Hall–Kier alpha value is -2.36. The Kier molecular flexibility index (Phi) is 4.20. The van der Waals surface area contributed by atoms with Crippen LogP contribution in [0.2, 0.25) is 0 Å². The van der Waals surface area contributed by atoms with Crippen molar-refractivity contribution in [3.8, 4) is 5.75 Å². The zero-order valence-electron chi connectivity index (χ0n) is 13.5. The van der Waals surface area contributed by atoms with Crippen LogP contribution in [0.5, 0.6) is 5.75 Å². The van der Waals surface area contributed by atoms with Gasteiger partial charge in [-0.3, -0.25) is 4.90 Å². The molecule has 0 amide bonds. The molecular formula is C21H21NO2. The Morgan fingerprint density at radius 3 is 2.50 bits per heavy atom. The average Bonchev–Trinajstić information content (AvgIpc) is 2.95. The van der Waals surface area contributed by atoms with E-state index in [0.717, 1.165) is 29.6 Å². The highest BCUT2D eigenvalue weighted by molar-refractivity contribution is 5.88. The quantitative estimate of drug-likeness (QED) is 0.799. The summed E-state index contributed by atoms with van der Waals surface area (Å²) in [6.45, 7) is 2.22. The van der Waals surface area contributed by atoms with Crippen molar-refractivity contribution in [2.24, 2.45) is 0 Å². The highest BCUT2D eigenvalue weighted by Crippen LogP contribution is 2.28. The number of fused-ring (bicyclic) bond motifs is 1. The van der Waals surface area contributed by atoms with E-state index >= 15 is 0 Å². The molecule has 3 heteroatoms. The summed E-state index contributed by atoms with van der Waals surface area (Å²) in [6, 6.07) is 24.6. The first-order valence-corrected chi connectivity index (χ1v) is 8.38. The monoisotopic (exact) mass is 319 g/mol. The van der Waals surface area contributed by atoms with Crippen molar-refractivity contribution in [2.75, 3.05) is 13.1 Å². The molecule has 1 heterocycles. The number of likely N-dealkylation sites (tertiary alicyclic amines) is 1. The Morgan fingerprint density at radius 1 is 0.875 bits per heavy atom. The fourth-order valence-electron chi connectivity index (χ4n) is 3.38. The van der Waals surface area contributed by atoms with E-state index in [9.17, 15) is 5.11 Å². The average molecular weight is 319 g/mol. The van der Waals surface area contributed by atoms with Crippen LogP contribution in [0.4, 0.5) is 0 Å². The highest BCUT2D eigenvalue weighted by atomic mass is 16.5. The number of aliphatic hydroxyl groups is 1. The largest absolute Gasteiger partial charge is 0.486 e. The summed E-state index contributed by atoms with van der Waals surface area (Å²) in [7, 11) is 0. The summed E-state index contributed by atoms with van der Waals surface area (Å²) in [4.78, 5) is 2.25. The second-order valence-electron chi connectivity index (χ2n) is 6.38. The smallest absolute Gasteiger partial charge is 0.138 e. The molecule has 3 aromatic rings. The molecular weight excluding hydrogens is 298 g/mol. The van der Waals surface area contributed by atoms with Gasteiger partial charge in [-0.15, -0.1) is 0 Å². The molecule has 1 saturated heterocycles. The van der Waals surface area contributed by atoms with Crippen LogP contribution >= 0.6 is 0 Å². The molecule has 24 heavy (non-hydrogen) atoms. The van der Waals surface area contributed by atoms with Crippen molar-refractivity contribution in [1.82, 2.24) is 4.90 Å². The first-order valence-electron chi connectivity index (χ1n) is 8.38. The minimum absolute atomic E-state index is 0.195. The lowest BCUT2D eigenvalue weighted by atomic mass is 10.1. The standard InChI is InChI=1S/C21H21NO2/c23-19-14-22(13-16-7-2-1-3-8-16)15-21(19)24-20-12-6-10-17-9-4-5-11-18(17)20/h1-12,19,21,23H,13-15H2/t19-,21-/m1/s1. The van der Waals surface area contributed by atoms with Gasteiger partial charge in [-0.05, 0) is 17.0 Å². The van der Waals surface area contributed by atoms with Gasteiger partial charge in [-0.2, -0.15) is 0 Å². The molecule has 0 aromatic heterocycles. The van der Waals surface area contributed by atoms with Crippen molar-refractivity contribution >= 4 is 10.8 Å². The molecule has 1 aliphatic heterocycles. The number of aliphatic hydroxyl groups excluding tert-OH is 1. The van der Waals surface area contributed by atoms with Crippen LogP contribution in [-0.4, -0.2) is 35.3 Å². The van der Waals surface area contributed by atoms with Gasteiger partial charge in [0.1, 0.15) is 18.0 Å². The van der Waals surface area contributed by atoms with Crippen LogP contribution in [0.3, 0.4) is 0 Å². The minimum atomic E-state index is -0.465. The molecule has 3 aromatic carbocycles. The summed E-state index contributed by atoms with van der Waals surface area (Å²) < 4.78 is 6.18. The molecule has 1 fully saturated rings. The maximum absolute atomic E-state index is 10.4. The summed E-state index contributed by atoms with van der Waals surface area (Å²) in [5, 5.41) is 12.7. The number of benzene rings is 3. The van der Waals surface area contributed by atoms with Crippen LogP contribution in [0.25, 0.3) is 10.8 Å².